The zero-order chi connectivity index (χ0) is 18.4. The quantitative estimate of drug-likeness (QED) is 0.354. The average molecular weight is 485 g/mol. The summed E-state index contributed by atoms with van der Waals surface area (Å²) >= 11 is 0. The van der Waals surface area contributed by atoms with E-state index in [9.17, 15) is 0 Å². The Balaban J connectivity index is 0.00000261. The number of likely N-dealkylation sites (tertiary alicyclic amines) is 1. The highest BCUT2D eigenvalue weighted by molar-refractivity contribution is 14.0. The molecule has 0 aromatic heterocycles. The van der Waals surface area contributed by atoms with Crippen molar-refractivity contribution in [1.82, 2.24) is 20.4 Å². The summed E-state index contributed by atoms with van der Waals surface area (Å²) in [5, 5.41) is 7.19. The number of nitrogens with one attached hydrogen (secondary N) is 2. The maximum atomic E-state index is 4.44. The number of hydrogen-bond acceptors (Lipinski definition) is 3. The van der Waals surface area contributed by atoms with Crippen LogP contribution in [0.4, 0.5) is 0 Å². The molecule has 152 valence electrons. The summed E-state index contributed by atoms with van der Waals surface area (Å²) in [5.74, 6) is 1.82. The monoisotopic (exact) mass is 485 g/mol. The third-order valence-electron chi connectivity index (χ3n) is 5.71. The van der Waals surface area contributed by atoms with Gasteiger partial charge >= 0.3 is 0 Å². The van der Waals surface area contributed by atoms with Crippen LogP contribution < -0.4 is 10.6 Å². The van der Waals surface area contributed by atoms with Gasteiger partial charge in [-0.15, -0.1) is 24.0 Å². The molecule has 1 unspecified atom stereocenters. The molecule has 2 fully saturated rings. The predicted octanol–water partition coefficient (Wildman–Crippen LogP) is 2.77. The molecule has 1 saturated heterocycles. The van der Waals surface area contributed by atoms with Gasteiger partial charge in [0.05, 0.1) is 0 Å². The van der Waals surface area contributed by atoms with Crippen LogP contribution in [0.5, 0.6) is 0 Å². The molecule has 5 nitrogen and oxygen atoms in total. The Labute approximate surface area is 182 Å². The van der Waals surface area contributed by atoms with Crippen molar-refractivity contribution in [2.24, 2.45) is 10.9 Å². The Morgan fingerprint density at radius 1 is 1.15 bits per heavy atom. The van der Waals surface area contributed by atoms with Crippen molar-refractivity contribution >= 4 is 29.9 Å². The summed E-state index contributed by atoms with van der Waals surface area (Å²) in [6.45, 7) is 4.33. The van der Waals surface area contributed by atoms with Crippen LogP contribution >= 0.6 is 24.0 Å². The molecular weight excluding hydrogens is 449 g/mol. The number of nitrogens with zero attached hydrogens (tertiary/aromatic N) is 3. The van der Waals surface area contributed by atoms with Crippen LogP contribution in [0.2, 0.25) is 0 Å². The molecule has 0 bridgehead atoms. The van der Waals surface area contributed by atoms with E-state index in [1.54, 1.807) is 0 Å². The Bertz CT molecular complexity index is 563. The van der Waals surface area contributed by atoms with Gasteiger partial charge in [-0.3, -0.25) is 9.89 Å². The van der Waals surface area contributed by atoms with Crippen molar-refractivity contribution in [3.05, 3.63) is 35.9 Å². The smallest absolute Gasteiger partial charge is 0.191 e. The van der Waals surface area contributed by atoms with Gasteiger partial charge in [-0.1, -0.05) is 30.3 Å². The lowest BCUT2D eigenvalue weighted by atomic mass is 10.0. The molecule has 1 aromatic rings. The second-order valence-corrected chi connectivity index (χ2v) is 8.00. The van der Waals surface area contributed by atoms with Crippen LogP contribution in [0.3, 0.4) is 0 Å². The third-order valence-corrected chi connectivity index (χ3v) is 5.71. The summed E-state index contributed by atoms with van der Waals surface area (Å²) < 4.78 is 0. The highest BCUT2D eigenvalue weighted by atomic mass is 127. The van der Waals surface area contributed by atoms with E-state index in [0.717, 1.165) is 38.1 Å². The molecule has 2 N–H and O–H groups in total. The standard InChI is InChI=1S/C21H35N5.HI/c1-22-21(23-15-20(25(2)3)18-9-10-18)24-19-11-13-26(14-12-19)16-17-7-5-4-6-8-17;/h4-8,18-20H,9-16H2,1-3H3,(H2,22,23,24);1H. The van der Waals surface area contributed by atoms with Gasteiger partial charge in [-0.2, -0.15) is 0 Å². The zero-order valence-corrected chi connectivity index (χ0v) is 19.4. The lowest BCUT2D eigenvalue weighted by molar-refractivity contribution is 0.198. The van der Waals surface area contributed by atoms with Gasteiger partial charge in [-0.25, -0.2) is 0 Å². The van der Waals surface area contributed by atoms with E-state index >= 15 is 0 Å². The second kappa shape index (κ2) is 11.2. The molecule has 27 heavy (non-hydrogen) atoms. The topological polar surface area (TPSA) is 42.9 Å². The van der Waals surface area contributed by atoms with Crippen LogP contribution in [0, 0.1) is 5.92 Å². The van der Waals surface area contributed by atoms with E-state index in [1.165, 1.54) is 31.2 Å². The van der Waals surface area contributed by atoms with Gasteiger partial charge in [-0.05, 0) is 51.3 Å². The number of guanidine groups is 1. The van der Waals surface area contributed by atoms with Gasteiger partial charge < -0.3 is 15.5 Å². The molecule has 0 spiro atoms. The minimum Gasteiger partial charge on any atom is -0.355 e. The molecule has 1 atom stereocenters. The first-order valence-electron chi connectivity index (χ1n) is 10.1. The van der Waals surface area contributed by atoms with Gasteiger partial charge in [0.25, 0.3) is 0 Å². The van der Waals surface area contributed by atoms with Crippen molar-refractivity contribution in [1.29, 1.82) is 0 Å². The Kier molecular flexibility index (Phi) is 9.32. The summed E-state index contributed by atoms with van der Waals surface area (Å²) in [4.78, 5) is 9.34. The third kappa shape index (κ3) is 7.23. The van der Waals surface area contributed by atoms with Gasteiger partial charge in [0.15, 0.2) is 5.96 Å². The molecule has 1 aromatic carbocycles. The molecule has 1 aliphatic heterocycles. The highest BCUT2D eigenvalue weighted by Crippen LogP contribution is 2.34. The molecule has 1 heterocycles. The van der Waals surface area contributed by atoms with Crippen LogP contribution in [-0.4, -0.2) is 68.6 Å². The maximum Gasteiger partial charge on any atom is 0.191 e. The van der Waals surface area contributed by atoms with E-state index in [2.05, 4.69) is 69.9 Å². The Morgan fingerprint density at radius 2 is 1.81 bits per heavy atom. The highest BCUT2D eigenvalue weighted by Gasteiger charge is 2.32. The number of aliphatic imine (C=N–C) groups is 1. The Hall–Kier alpha value is -0.860. The molecule has 6 heteroatoms. The SMILES string of the molecule is CN=C(NCC(C1CC1)N(C)C)NC1CCN(Cc2ccccc2)CC1.I. The number of piperidine rings is 1. The van der Waals surface area contributed by atoms with Crippen molar-refractivity contribution in [3.8, 4) is 0 Å². The fourth-order valence-corrected chi connectivity index (χ4v) is 3.92. The second-order valence-electron chi connectivity index (χ2n) is 8.00. The van der Waals surface area contributed by atoms with E-state index in [-0.39, 0.29) is 24.0 Å². The van der Waals surface area contributed by atoms with Crippen molar-refractivity contribution in [2.45, 2.75) is 44.3 Å². The Morgan fingerprint density at radius 3 is 2.37 bits per heavy atom. The molecule has 3 rings (SSSR count). The minimum absolute atomic E-state index is 0. The first-order valence-corrected chi connectivity index (χ1v) is 10.1. The predicted molar refractivity (Wildman–Crippen MR) is 125 cm³/mol. The normalized spacial score (nSPS) is 20.2. The molecule has 0 amide bonds. The summed E-state index contributed by atoms with van der Waals surface area (Å²) in [7, 11) is 6.24. The molecular formula is C21H36IN5. The lowest BCUT2D eigenvalue weighted by Gasteiger charge is -2.33. The number of halogens is 1. The number of benzene rings is 1. The van der Waals surface area contributed by atoms with Gasteiger partial charge in [0.2, 0.25) is 0 Å². The maximum absolute atomic E-state index is 4.44. The van der Waals surface area contributed by atoms with E-state index in [4.69, 9.17) is 0 Å². The average Bonchev–Trinajstić information content (AvgIpc) is 3.48. The number of hydrogen-bond donors (Lipinski definition) is 2. The molecule has 2 aliphatic rings. The van der Waals surface area contributed by atoms with Crippen molar-refractivity contribution in [2.75, 3.05) is 40.8 Å². The fraction of sp³-hybridized carbons (Fsp3) is 0.667. The van der Waals surface area contributed by atoms with Gasteiger partial charge in [0, 0.05) is 45.3 Å². The van der Waals surface area contributed by atoms with Crippen LogP contribution in [0.15, 0.2) is 35.3 Å². The molecule has 1 aliphatic carbocycles. The fourth-order valence-electron chi connectivity index (χ4n) is 3.92. The lowest BCUT2D eigenvalue weighted by Crippen LogP contribution is -2.51. The van der Waals surface area contributed by atoms with E-state index < -0.39 is 0 Å². The summed E-state index contributed by atoms with van der Waals surface area (Å²) in [6.07, 6.45) is 5.09. The van der Waals surface area contributed by atoms with Crippen molar-refractivity contribution < 1.29 is 0 Å². The first-order chi connectivity index (χ1) is 12.7. The molecule has 0 radical (unpaired) electrons. The first kappa shape index (κ1) is 22.4. The summed E-state index contributed by atoms with van der Waals surface area (Å²) in [6, 6.07) is 11.9. The summed E-state index contributed by atoms with van der Waals surface area (Å²) in [5.41, 5.74) is 1.41. The zero-order valence-electron chi connectivity index (χ0n) is 17.0. The van der Waals surface area contributed by atoms with Crippen LogP contribution in [-0.2, 0) is 6.54 Å². The van der Waals surface area contributed by atoms with Crippen LogP contribution in [0.25, 0.3) is 0 Å². The van der Waals surface area contributed by atoms with Crippen molar-refractivity contribution in [3.63, 3.8) is 0 Å². The largest absolute Gasteiger partial charge is 0.355 e. The number of rotatable bonds is 7. The van der Waals surface area contributed by atoms with E-state index in [0.29, 0.717) is 12.1 Å². The van der Waals surface area contributed by atoms with Crippen LogP contribution in [0.1, 0.15) is 31.2 Å². The minimum atomic E-state index is 0. The molecule has 1 saturated carbocycles. The van der Waals surface area contributed by atoms with E-state index in [1.807, 2.05) is 7.05 Å². The number of likely N-dealkylation sites (N-methyl/N-ethyl adjacent to an activating group) is 1. The van der Waals surface area contributed by atoms with Gasteiger partial charge in [0.1, 0.15) is 0 Å².